The third kappa shape index (κ3) is 10.4. The van der Waals surface area contributed by atoms with Crippen LogP contribution in [0.15, 0.2) is 0 Å². The molecule has 30 heavy (non-hydrogen) atoms. The molecule has 0 fully saturated rings. The summed E-state index contributed by atoms with van der Waals surface area (Å²) >= 11 is 3.85. The Morgan fingerprint density at radius 2 is 1.40 bits per heavy atom. The van der Waals surface area contributed by atoms with E-state index >= 15 is 0 Å². The van der Waals surface area contributed by atoms with Crippen LogP contribution in [0, 0.1) is 0 Å². The summed E-state index contributed by atoms with van der Waals surface area (Å²) in [5.74, 6) is -5.58. The summed E-state index contributed by atoms with van der Waals surface area (Å²) in [5.41, 5.74) is 10.9. The number of thiol groups is 1. The lowest BCUT2D eigenvalue weighted by atomic mass is 10.1. The summed E-state index contributed by atoms with van der Waals surface area (Å²) < 4.78 is 0. The van der Waals surface area contributed by atoms with Gasteiger partial charge in [0.05, 0.1) is 19.1 Å². The Bertz CT molecular complexity index is 620. The van der Waals surface area contributed by atoms with Crippen molar-refractivity contribution in [2.75, 3.05) is 18.9 Å². The third-order valence-electron chi connectivity index (χ3n) is 3.92. The number of aliphatic carboxylic acids is 2. The van der Waals surface area contributed by atoms with Crippen LogP contribution in [-0.2, 0) is 24.0 Å². The van der Waals surface area contributed by atoms with Crippen molar-refractivity contribution in [1.29, 1.82) is 0 Å². The van der Waals surface area contributed by atoms with Crippen molar-refractivity contribution >= 4 is 42.3 Å². The van der Waals surface area contributed by atoms with Gasteiger partial charge in [0.2, 0.25) is 17.7 Å². The van der Waals surface area contributed by atoms with E-state index in [1.807, 2.05) is 0 Å². The Labute approximate surface area is 178 Å². The third-order valence-corrected chi connectivity index (χ3v) is 4.32. The highest BCUT2D eigenvalue weighted by Gasteiger charge is 2.30. The number of nitrogens with one attached hydrogen (secondary N) is 3. The molecular formula is C16H29N5O8S. The number of nitrogens with two attached hydrogens (primary N) is 2. The van der Waals surface area contributed by atoms with Crippen LogP contribution in [0.3, 0.4) is 0 Å². The van der Waals surface area contributed by atoms with Crippen molar-refractivity contribution in [1.82, 2.24) is 16.0 Å². The SMILES string of the molecule is NCCCCC(NC(=O)C(CC(=O)O)NC(=O)C(N)CS)C(=O)NC(CO)C(=O)O. The summed E-state index contributed by atoms with van der Waals surface area (Å²) in [6.07, 6.45) is 0.194. The molecule has 4 unspecified atom stereocenters. The minimum atomic E-state index is -1.59. The van der Waals surface area contributed by atoms with Gasteiger partial charge in [-0.05, 0) is 25.8 Å². The molecule has 0 saturated heterocycles. The van der Waals surface area contributed by atoms with E-state index in [2.05, 4.69) is 28.6 Å². The number of hydrogen-bond donors (Lipinski definition) is 9. The van der Waals surface area contributed by atoms with Crippen LogP contribution in [0.25, 0.3) is 0 Å². The first-order valence-corrected chi connectivity index (χ1v) is 9.73. The Hall–Kier alpha value is -2.42. The first-order chi connectivity index (χ1) is 14.1. The van der Waals surface area contributed by atoms with Gasteiger partial charge < -0.3 is 42.7 Å². The fourth-order valence-corrected chi connectivity index (χ4v) is 2.40. The number of carbonyl (C=O) groups excluding carboxylic acids is 3. The molecule has 0 aliphatic rings. The minimum Gasteiger partial charge on any atom is -0.481 e. The number of carboxylic acid groups (broad SMARTS) is 2. The molecule has 0 saturated carbocycles. The van der Waals surface area contributed by atoms with Crippen molar-refractivity contribution in [2.45, 2.75) is 49.9 Å². The summed E-state index contributed by atoms with van der Waals surface area (Å²) in [6.45, 7) is -0.556. The number of hydrogen-bond acceptors (Lipinski definition) is 9. The fraction of sp³-hybridized carbons (Fsp3) is 0.688. The molecule has 14 heteroatoms. The number of carboxylic acids is 2. The molecule has 0 radical (unpaired) electrons. The zero-order valence-corrected chi connectivity index (χ0v) is 17.1. The highest BCUT2D eigenvalue weighted by atomic mass is 32.1. The molecule has 0 aromatic rings. The van der Waals surface area contributed by atoms with E-state index in [4.69, 9.17) is 26.8 Å². The van der Waals surface area contributed by atoms with Gasteiger partial charge >= 0.3 is 11.9 Å². The maximum Gasteiger partial charge on any atom is 0.328 e. The van der Waals surface area contributed by atoms with E-state index in [1.165, 1.54) is 0 Å². The van der Waals surface area contributed by atoms with Crippen molar-refractivity contribution < 1.29 is 39.3 Å². The average Bonchev–Trinajstić information content (AvgIpc) is 2.69. The lowest BCUT2D eigenvalue weighted by Gasteiger charge is -2.24. The van der Waals surface area contributed by atoms with Gasteiger partial charge in [0.1, 0.15) is 18.1 Å². The van der Waals surface area contributed by atoms with E-state index in [1.54, 1.807) is 0 Å². The predicted octanol–water partition coefficient (Wildman–Crippen LogP) is -3.62. The number of aliphatic hydroxyl groups excluding tert-OH is 1. The van der Waals surface area contributed by atoms with Crippen molar-refractivity contribution in [3.63, 3.8) is 0 Å². The van der Waals surface area contributed by atoms with E-state index in [-0.39, 0.29) is 12.2 Å². The van der Waals surface area contributed by atoms with Crippen LogP contribution in [0.1, 0.15) is 25.7 Å². The van der Waals surface area contributed by atoms with E-state index in [9.17, 15) is 24.0 Å². The monoisotopic (exact) mass is 451 g/mol. The molecule has 0 heterocycles. The van der Waals surface area contributed by atoms with Gasteiger partial charge in [-0.25, -0.2) is 4.79 Å². The Balaban J connectivity index is 5.38. The van der Waals surface area contributed by atoms with Crippen molar-refractivity contribution in [2.24, 2.45) is 11.5 Å². The van der Waals surface area contributed by atoms with Crippen LogP contribution in [0.2, 0.25) is 0 Å². The Morgan fingerprint density at radius 1 is 0.867 bits per heavy atom. The number of unbranched alkanes of at least 4 members (excludes halogenated alkanes) is 1. The molecule has 0 aliphatic heterocycles. The minimum absolute atomic E-state index is 0.0465. The highest BCUT2D eigenvalue weighted by Crippen LogP contribution is 2.04. The smallest absolute Gasteiger partial charge is 0.328 e. The second-order valence-electron chi connectivity index (χ2n) is 6.38. The van der Waals surface area contributed by atoms with Gasteiger partial charge in [-0.2, -0.15) is 12.6 Å². The molecule has 0 aromatic heterocycles. The van der Waals surface area contributed by atoms with Crippen LogP contribution in [-0.4, -0.2) is 88.1 Å². The topological polar surface area (TPSA) is 234 Å². The fourth-order valence-electron chi connectivity index (χ4n) is 2.24. The van der Waals surface area contributed by atoms with Gasteiger partial charge in [0.25, 0.3) is 0 Å². The Kier molecular flexibility index (Phi) is 13.4. The second kappa shape index (κ2) is 14.5. The predicted molar refractivity (Wildman–Crippen MR) is 108 cm³/mol. The van der Waals surface area contributed by atoms with E-state index < -0.39 is 66.9 Å². The van der Waals surface area contributed by atoms with Gasteiger partial charge in [0, 0.05) is 5.75 Å². The van der Waals surface area contributed by atoms with Gasteiger partial charge in [-0.3, -0.25) is 19.2 Å². The van der Waals surface area contributed by atoms with Crippen LogP contribution >= 0.6 is 12.6 Å². The summed E-state index contributed by atoms with van der Waals surface area (Å²) in [4.78, 5) is 58.9. The van der Waals surface area contributed by atoms with Crippen LogP contribution in [0.4, 0.5) is 0 Å². The zero-order valence-electron chi connectivity index (χ0n) is 16.2. The number of carbonyl (C=O) groups is 5. The largest absolute Gasteiger partial charge is 0.481 e. The molecule has 0 bridgehead atoms. The van der Waals surface area contributed by atoms with Gasteiger partial charge in [-0.15, -0.1) is 0 Å². The highest BCUT2D eigenvalue weighted by molar-refractivity contribution is 7.80. The molecule has 172 valence electrons. The maximum atomic E-state index is 12.5. The standard InChI is InChI=1S/C16H29N5O8S/c17-4-2-1-3-9(14(26)21-11(6-22)16(28)29)19-15(27)10(5-12(23)24)20-13(25)8(18)7-30/h8-11,22,30H,1-7,17-18H2,(H,19,27)(H,20,25)(H,21,26)(H,23,24)(H,28,29). The average molecular weight is 452 g/mol. The van der Waals surface area contributed by atoms with Crippen LogP contribution < -0.4 is 27.4 Å². The van der Waals surface area contributed by atoms with Gasteiger partial charge in [0.15, 0.2) is 0 Å². The first-order valence-electron chi connectivity index (χ1n) is 9.10. The van der Waals surface area contributed by atoms with Crippen molar-refractivity contribution in [3.05, 3.63) is 0 Å². The zero-order chi connectivity index (χ0) is 23.3. The molecule has 13 nitrogen and oxygen atoms in total. The summed E-state index contributed by atoms with van der Waals surface area (Å²) in [7, 11) is 0. The molecule has 10 N–H and O–H groups in total. The molecule has 0 rings (SSSR count). The van der Waals surface area contributed by atoms with Crippen LogP contribution in [0.5, 0.6) is 0 Å². The molecular weight excluding hydrogens is 422 g/mol. The normalized spacial score (nSPS) is 14.7. The molecule has 4 atom stereocenters. The lowest BCUT2D eigenvalue weighted by molar-refractivity contribution is -0.144. The number of amides is 3. The van der Waals surface area contributed by atoms with E-state index in [0.29, 0.717) is 19.4 Å². The van der Waals surface area contributed by atoms with Gasteiger partial charge in [-0.1, -0.05) is 0 Å². The second-order valence-corrected chi connectivity index (χ2v) is 6.74. The molecule has 0 spiro atoms. The summed E-state index contributed by atoms with van der Waals surface area (Å²) in [5, 5.41) is 33.6. The first kappa shape index (κ1) is 27.6. The molecule has 0 aliphatic carbocycles. The number of aliphatic hydroxyl groups is 1. The number of rotatable bonds is 15. The lowest BCUT2D eigenvalue weighted by Crippen LogP contribution is -2.58. The van der Waals surface area contributed by atoms with Crippen molar-refractivity contribution in [3.8, 4) is 0 Å². The Morgan fingerprint density at radius 3 is 1.87 bits per heavy atom. The maximum absolute atomic E-state index is 12.5. The quantitative estimate of drug-likeness (QED) is 0.0875. The van der Waals surface area contributed by atoms with E-state index in [0.717, 1.165) is 0 Å². The molecule has 3 amide bonds. The molecule has 0 aromatic carbocycles. The summed E-state index contributed by atoms with van der Waals surface area (Å²) in [6, 6.07) is -5.45.